The number of nitrogens with one attached hydrogen (secondary N) is 1. The fourth-order valence-electron chi connectivity index (χ4n) is 1.85. The summed E-state index contributed by atoms with van der Waals surface area (Å²) in [5.74, 6) is -0.0270. The summed E-state index contributed by atoms with van der Waals surface area (Å²) in [5, 5.41) is 2.57. The molecule has 0 spiro atoms. The van der Waals surface area contributed by atoms with Crippen molar-refractivity contribution in [3.05, 3.63) is 12.2 Å². The number of nitrogens with zero attached hydrogens (tertiary/aromatic N) is 2. The van der Waals surface area contributed by atoms with Gasteiger partial charge in [-0.1, -0.05) is 6.08 Å². The molecule has 1 fully saturated rings. The lowest BCUT2D eigenvalue weighted by Gasteiger charge is -2.36. The Morgan fingerprint density at radius 3 is 2.44 bits per heavy atom. The Kier molecular flexibility index (Phi) is 5.49. The number of amides is 1. The molecule has 1 aliphatic heterocycles. The van der Waals surface area contributed by atoms with Gasteiger partial charge in [0.2, 0.25) is 5.91 Å². The number of piperazine rings is 1. The predicted molar refractivity (Wildman–Crippen MR) is 66.4 cm³/mol. The number of rotatable bonds is 4. The highest BCUT2D eigenvalue weighted by Gasteiger charge is 2.17. The topological polar surface area (TPSA) is 35.6 Å². The molecule has 1 amide bonds. The zero-order valence-electron chi connectivity index (χ0n) is 10.6. The van der Waals surface area contributed by atoms with Gasteiger partial charge < -0.3 is 5.32 Å². The van der Waals surface area contributed by atoms with Crippen LogP contribution in [-0.4, -0.2) is 61.5 Å². The molecule has 0 aromatic heterocycles. The highest BCUT2D eigenvalue weighted by atomic mass is 16.1. The quantitative estimate of drug-likeness (QED) is 0.700. The Morgan fingerprint density at radius 2 is 1.94 bits per heavy atom. The first-order valence-electron chi connectivity index (χ1n) is 5.98. The van der Waals surface area contributed by atoms with E-state index in [0.29, 0.717) is 6.04 Å². The van der Waals surface area contributed by atoms with Crippen molar-refractivity contribution in [1.29, 1.82) is 0 Å². The molecule has 0 aromatic rings. The molecule has 92 valence electrons. The Bertz CT molecular complexity index is 243. The maximum atomic E-state index is 11.0. The third-order valence-electron chi connectivity index (χ3n) is 3.02. The summed E-state index contributed by atoms with van der Waals surface area (Å²) in [6, 6.07) is 0.642. The highest BCUT2D eigenvalue weighted by molar-refractivity contribution is 5.87. The van der Waals surface area contributed by atoms with Crippen LogP contribution >= 0.6 is 0 Å². The predicted octanol–water partition coefficient (Wildman–Crippen LogP) is 0.315. The normalized spacial score (nSPS) is 19.5. The molecule has 16 heavy (non-hydrogen) atoms. The molecule has 1 saturated heterocycles. The van der Waals surface area contributed by atoms with Crippen LogP contribution in [0, 0.1) is 0 Å². The average Bonchev–Trinajstić information content (AvgIpc) is 2.29. The van der Waals surface area contributed by atoms with E-state index in [2.05, 4.69) is 29.0 Å². The van der Waals surface area contributed by atoms with Crippen LogP contribution in [0.2, 0.25) is 0 Å². The van der Waals surface area contributed by atoms with Crippen molar-refractivity contribution in [3.63, 3.8) is 0 Å². The number of carbonyl (C=O) groups excluding carboxylic acids is 1. The average molecular weight is 225 g/mol. The molecule has 1 aliphatic rings. The molecule has 0 atom stereocenters. The van der Waals surface area contributed by atoms with Crippen LogP contribution in [0.15, 0.2) is 12.2 Å². The van der Waals surface area contributed by atoms with Crippen molar-refractivity contribution in [1.82, 2.24) is 15.1 Å². The molecule has 1 heterocycles. The smallest absolute Gasteiger partial charge is 0.243 e. The molecule has 4 nitrogen and oxygen atoms in total. The van der Waals surface area contributed by atoms with Gasteiger partial charge in [-0.25, -0.2) is 0 Å². The number of hydrogen-bond donors (Lipinski definition) is 1. The fourth-order valence-corrected chi connectivity index (χ4v) is 1.85. The highest BCUT2D eigenvalue weighted by Crippen LogP contribution is 2.05. The molecule has 0 unspecified atom stereocenters. The van der Waals surface area contributed by atoms with E-state index in [4.69, 9.17) is 0 Å². The van der Waals surface area contributed by atoms with Crippen LogP contribution in [0.3, 0.4) is 0 Å². The second kappa shape index (κ2) is 6.66. The lowest BCUT2D eigenvalue weighted by atomic mass is 10.2. The Morgan fingerprint density at radius 1 is 1.31 bits per heavy atom. The van der Waals surface area contributed by atoms with E-state index in [1.807, 2.05) is 6.08 Å². The summed E-state index contributed by atoms with van der Waals surface area (Å²) in [6.45, 7) is 9.80. The molecule has 0 bridgehead atoms. The fraction of sp³-hybridized carbons (Fsp3) is 0.750. The molecule has 0 aliphatic carbocycles. The molecule has 0 radical (unpaired) electrons. The van der Waals surface area contributed by atoms with E-state index >= 15 is 0 Å². The second-order valence-electron chi connectivity index (χ2n) is 4.45. The lowest BCUT2D eigenvalue weighted by molar-refractivity contribution is -0.116. The molecule has 0 saturated carbocycles. The van der Waals surface area contributed by atoms with Crippen LogP contribution in [0.25, 0.3) is 0 Å². The van der Waals surface area contributed by atoms with Crippen molar-refractivity contribution >= 4 is 5.91 Å². The molecule has 0 aromatic carbocycles. The first-order chi connectivity index (χ1) is 7.63. The van der Waals surface area contributed by atoms with E-state index in [9.17, 15) is 4.79 Å². The van der Waals surface area contributed by atoms with Crippen LogP contribution in [-0.2, 0) is 4.79 Å². The van der Waals surface area contributed by atoms with Crippen molar-refractivity contribution < 1.29 is 4.79 Å². The van der Waals surface area contributed by atoms with Crippen LogP contribution in [0.4, 0.5) is 0 Å². The largest absolute Gasteiger partial charge is 0.356 e. The van der Waals surface area contributed by atoms with Crippen LogP contribution in [0.1, 0.15) is 13.8 Å². The van der Waals surface area contributed by atoms with Gasteiger partial charge in [0, 0.05) is 51.9 Å². The summed E-state index contributed by atoms with van der Waals surface area (Å²) in [5.41, 5.74) is 0. The summed E-state index contributed by atoms with van der Waals surface area (Å²) in [4.78, 5) is 15.8. The Hall–Kier alpha value is -0.870. The third-order valence-corrected chi connectivity index (χ3v) is 3.02. The maximum absolute atomic E-state index is 11.0. The third kappa shape index (κ3) is 4.33. The van der Waals surface area contributed by atoms with Crippen molar-refractivity contribution in [2.75, 3.05) is 39.8 Å². The van der Waals surface area contributed by atoms with E-state index in [1.54, 1.807) is 13.1 Å². The van der Waals surface area contributed by atoms with Gasteiger partial charge in [0.15, 0.2) is 0 Å². The van der Waals surface area contributed by atoms with Gasteiger partial charge in [-0.05, 0) is 13.8 Å². The maximum Gasteiger partial charge on any atom is 0.243 e. The van der Waals surface area contributed by atoms with Gasteiger partial charge in [0.05, 0.1) is 0 Å². The lowest BCUT2D eigenvalue weighted by Crippen LogP contribution is -2.48. The minimum atomic E-state index is -0.0270. The number of hydrogen-bond acceptors (Lipinski definition) is 3. The zero-order valence-corrected chi connectivity index (χ0v) is 10.6. The van der Waals surface area contributed by atoms with Gasteiger partial charge in [0.1, 0.15) is 0 Å². The Balaban J connectivity index is 2.22. The number of likely N-dealkylation sites (N-methyl/N-ethyl adjacent to an activating group) is 1. The van der Waals surface area contributed by atoms with Crippen LogP contribution < -0.4 is 5.32 Å². The molecular formula is C12H23N3O. The van der Waals surface area contributed by atoms with Crippen molar-refractivity contribution in [2.24, 2.45) is 0 Å². The zero-order chi connectivity index (χ0) is 12.0. The monoisotopic (exact) mass is 225 g/mol. The van der Waals surface area contributed by atoms with Crippen LogP contribution in [0.5, 0.6) is 0 Å². The van der Waals surface area contributed by atoms with E-state index in [-0.39, 0.29) is 5.91 Å². The number of carbonyl (C=O) groups is 1. The first-order valence-corrected chi connectivity index (χ1v) is 5.98. The Labute approximate surface area is 98.3 Å². The SMILES string of the molecule is CNC(=O)C=CCN1CCN(C(C)C)CC1. The molecule has 1 N–H and O–H groups in total. The molecule has 1 rings (SSSR count). The van der Waals surface area contributed by atoms with Gasteiger partial charge in [-0.3, -0.25) is 14.6 Å². The van der Waals surface area contributed by atoms with E-state index in [1.165, 1.54) is 0 Å². The van der Waals surface area contributed by atoms with Gasteiger partial charge in [-0.15, -0.1) is 0 Å². The van der Waals surface area contributed by atoms with Crippen molar-refractivity contribution in [3.8, 4) is 0 Å². The standard InChI is InChI=1S/C12H23N3O/c1-11(2)15-9-7-14(8-10-15)6-4-5-12(16)13-3/h4-5,11H,6-10H2,1-3H3,(H,13,16). The second-order valence-corrected chi connectivity index (χ2v) is 4.45. The minimum absolute atomic E-state index is 0.0270. The summed E-state index contributed by atoms with van der Waals surface area (Å²) in [7, 11) is 1.65. The molecule has 4 heteroatoms. The van der Waals surface area contributed by atoms with E-state index in [0.717, 1.165) is 32.7 Å². The van der Waals surface area contributed by atoms with Gasteiger partial charge in [-0.2, -0.15) is 0 Å². The summed E-state index contributed by atoms with van der Waals surface area (Å²) in [6.07, 6.45) is 3.54. The van der Waals surface area contributed by atoms with Crippen molar-refractivity contribution in [2.45, 2.75) is 19.9 Å². The minimum Gasteiger partial charge on any atom is -0.356 e. The van der Waals surface area contributed by atoms with E-state index < -0.39 is 0 Å². The summed E-state index contributed by atoms with van der Waals surface area (Å²) < 4.78 is 0. The van der Waals surface area contributed by atoms with Gasteiger partial charge >= 0.3 is 0 Å². The summed E-state index contributed by atoms with van der Waals surface area (Å²) >= 11 is 0. The molecular weight excluding hydrogens is 202 g/mol. The van der Waals surface area contributed by atoms with Gasteiger partial charge in [0.25, 0.3) is 0 Å². The first kappa shape index (κ1) is 13.2.